The first kappa shape index (κ1) is 50.7. The van der Waals surface area contributed by atoms with Gasteiger partial charge in [0.2, 0.25) is 0 Å². The first-order chi connectivity index (χ1) is 25.4. The fraction of sp³-hybridized carbons (Fsp3) is 0.714. The number of phosphoric ester groups is 1. The Hall–Kier alpha value is -2.33. The quantitative estimate of drug-likeness (QED) is 0.0220. The maximum absolute atomic E-state index is 12.6. The van der Waals surface area contributed by atoms with Gasteiger partial charge in [-0.3, -0.25) is 14.2 Å². The molecule has 0 aromatic heterocycles. The Kier molecular flexibility index (Phi) is 32.7. The van der Waals surface area contributed by atoms with Gasteiger partial charge in [-0.05, 0) is 70.6 Å². The molecule has 11 heteroatoms. The second-order valence-corrected chi connectivity index (χ2v) is 15.9. The van der Waals surface area contributed by atoms with Crippen LogP contribution in [-0.4, -0.2) is 81.2 Å². The van der Waals surface area contributed by atoms with E-state index in [2.05, 4.69) is 56.4 Å². The highest BCUT2D eigenvalue weighted by molar-refractivity contribution is 7.45. The Morgan fingerprint density at radius 3 is 1.87 bits per heavy atom. The number of aliphatic hydroxyl groups excluding tert-OH is 1. The summed E-state index contributed by atoms with van der Waals surface area (Å²) in [6.07, 6.45) is 36.1. The van der Waals surface area contributed by atoms with Crippen LogP contribution in [0.25, 0.3) is 0 Å². The van der Waals surface area contributed by atoms with E-state index in [0.717, 1.165) is 70.6 Å². The Morgan fingerprint density at radius 1 is 0.679 bits per heavy atom. The standard InChI is InChI=1S/C42H74NO9P/c1-6-8-9-10-11-12-16-20-23-26-29-33-41(45)49-37-40(38-51-53(47,48)50-36-35-43(3,4)5)52-42(46)34-30-27-24-21-18-15-13-14-17-19-22-25-28-32-39(44)31-7-2/h10-11,13,15,17,19,21,24-25,28,39-40,44H,6-9,12,14,16,18,20,22-23,26-27,29-38H2,1-5H3/b11-10-,15-13-,19-17-,24-21-,28-25-/t39?,40-/m1/s1. The molecule has 0 heterocycles. The minimum absolute atomic E-state index is 0.0517. The summed E-state index contributed by atoms with van der Waals surface area (Å²) in [4.78, 5) is 37.3. The van der Waals surface area contributed by atoms with E-state index in [9.17, 15) is 24.2 Å². The number of ether oxygens (including phenoxy) is 2. The van der Waals surface area contributed by atoms with Gasteiger partial charge in [0.1, 0.15) is 19.8 Å². The molecular formula is C42H74NO9P. The molecular weight excluding hydrogens is 693 g/mol. The fourth-order valence-corrected chi connectivity index (χ4v) is 5.60. The molecule has 0 spiro atoms. The molecule has 306 valence electrons. The lowest BCUT2D eigenvalue weighted by Gasteiger charge is -2.28. The van der Waals surface area contributed by atoms with E-state index in [1.165, 1.54) is 12.8 Å². The van der Waals surface area contributed by atoms with Crippen molar-refractivity contribution in [3.05, 3.63) is 60.8 Å². The molecule has 0 aromatic rings. The lowest BCUT2D eigenvalue weighted by atomic mass is 10.1. The number of aliphatic hydroxyl groups is 1. The van der Waals surface area contributed by atoms with Gasteiger partial charge in [0.05, 0.1) is 33.9 Å². The highest BCUT2D eigenvalue weighted by atomic mass is 31.2. The van der Waals surface area contributed by atoms with Crippen LogP contribution in [-0.2, 0) is 32.7 Å². The number of hydrogen-bond donors (Lipinski definition) is 1. The number of allylic oxidation sites excluding steroid dienone is 9. The molecule has 0 fully saturated rings. The highest BCUT2D eigenvalue weighted by Gasteiger charge is 2.21. The third kappa shape index (κ3) is 37.8. The largest absolute Gasteiger partial charge is 0.756 e. The van der Waals surface area contributed by atoms with E-state index in [1.807, 2.05) is 39.4 Å². The molecule has 1 N–H and O–H groups in total. The second kappa shape index (κ2) is 34.2. The van der Waals surface area contributed by atoms with Crippen LogP contribution in [0.1, 0.15) is 136 Å². The summed E-state index contributed by atoms with van der Waals surface area (Å²) in [5, 5.41) is 9.72. The fourth-order valence-electron chi connectivity index (χ4n) is 4.88. The van der Waals surface area contributed by atoms with Crippen LogP contribution in [0.4, 0.5) is 0 Å². The molecule has 53 heavy (non-hydrogen) atoms. The number of esters is 2. The minimum Gasteiger partial charge on any atom is -0.756 e. The number of quaternary nitrogens is 1. The Morgan fingerprint density at radius 2 is 1.23 bits per heavy atom. The average molecular weight is 768 g/mol. The monoisotopic (exact) mass is 768 g/mol. The average Bonchev–Trinajstić information content (AvgIpc) is 3.09. The normalized spacial score (nSPS) is 14.9. The zero-order valence-electron chi connectivity index (χ0n) is 33.8. The minimum atomic E-state index is -4.65. The molecule has 0 amide bonds. The van der Waals surface area contributed by atoms with Crippen molar-refractivity contribution >= 4 is 19.8 Å². The van der Waals surface area contributed by atoms with Crippen LogP contribution < -0.4 is 4.89 Å². The summed E-state index contributed by atoms with van der Waals surface area (Å²) in [6, 6.07) is 0. The molecule has 0 aliphatic carbocycles. The van der Waals surface area contributed by atoms with Crippen LogP contribution >= 0.6 is 7.82 Å². The topological polar surface area (TPSA) is 131 Å². The number of rotatable bonds is 35. The number of phosphoric acid groups is 1. The number of unbranched alkanes of at least 4 members (excludes halogenated alkanes) is 8. The van der Waals surface area contributed by atoms with Crippen molar-refractivity contribution in [2.75, 3.05) is 47.5 Å². The molecule has 0 saturated heterocycles. The SMILES string of the molecule is CCCC/C=C\CCCCCCCC(=O)OC[C@H](COP(=O)([O-])OCC[N+](C)(C)C)OC(=O)CCC/C=C\C/C=C\C/C=C\C/C=C\CC(O)CCC. The van der Waals surface area contributed by atoms with Crippen LogP contribution in [0.2, 0.25) is 0 Å². The number of nitrogens with zero attached hydrogens (tertiary/aromatic N) is 1. The smallest absolute Gasteiger partial charge is 0.306 e. The summed E-state index contributed by atoms with van der Waals surface area (Å²) in [7, 11) is 1.09. The van der Waals surface area contributed by atoms with Crippen LogP contribution in [0.15, 0.2) is 60.8 Å². The number of carbonyl (C=O) groups excluding carboxylic acids is 2. The van der Waals surface area contributed by atoms with Gasteiger partial charge in [-0.25, -0.2) is 0 Å². The van der Waals surface area contributed by atoms with Crippen LogP contribution in [0, 0.1) is 0 Å². The van der Waals surface area contributed by atoms with Gasteiger partial charge in [0, 0.05) is 12.8 Å². The maximum Gasteiger partial charge on any atom is 0.306 e. The molecule has 3 atom stereocenters. The van der Waals surface area contributed by atoms with Crippen molar-refractivity contribution in [3.8, 4) is 0 Å². The predicted molar refractivity (Wildman–Crippen MR) is 214 cm³/mol. The maximum atomic E-state index is 12.6. The van der Waals surface area contributed by atoms with Crippen molar-refractivity contribution in [3.63, 3.8) is 0 Å². The first-order valence-corrected chi connectivity index (χ1v) is 21.5. The van der Waals surface area contributed by atoms with Crippen LogP contribution in [0.3, 0.4) is 0 Å². The van der Waals surface area contributed by atoms with Crippen molar-refractivity contribution in [1.29, 1.82) is 0 Å². The molecule has 0 aromatic carbocycles. The molecule has 2 unspecified atom stereocenters. The van der Waals surface area contributed by atoms with Crippen LogP contribution in [0.5, 0.6) is 0 Å². The van der Waals surface area contributed by atoms with Gasteiger partial charge in [0.15, 0.2) is 6.10 Å². The first-order valence-electron chi connectivity index (χ1n) is 20.1. The summed E-state index contributed by atoms with van der Waals surface area (Å²) in [5.74, 6) is -0.940. The summed E-state index contributed by atoms with van der Waals surface area (Å²) in [5.41, 5.74) is 0. The lowest BCUT2D eigenvalue weighted by Crippen LogP contribution is -2.37. The number of hydrogen-bond acceptors (Lipinski definition) is 9. The molecule has 0 aliphatic heterocycles. The highest BCUT2D eigenvalue weighted by Crippen LogP contribution is 2.38. The Balaban J connectivity index is 4.56. The number of likely N-dealkylation sites (N-methyl/N-ethyl adjacent to an activating group) is 1. The summed E-state index contributed by atoms with van der Waals surface area (Å²) >= 11 is 0. The van der Waals surface area contributed by atoms with Gasteiger partial charge >= 0.3 is 11.9 Å². The zero-order chi connectivity index (χ0) is 39.5. The molecule has 10 nitrogen and oxygen atoms in total. The van der Waals surface area contributed by atoms with Gasteiger partial charge in [0.25, 0.3) is 7.82 Å². The van der Waals surface area contributed by atoms with Gasteiger partial charge in [-0.15, -0.1) is 0 Å². The van der Waals surface area contributed by atoms with Gasteiger partial charge < -0.3 is 33.0 Å². The van der Waals surface area contributed by atoms with Crippen molar-refractivity contribution in [2.45, 2.75) is 148 Å². The molecule has 0 saturated carbocycles. The predicted octanol–water partition coefficient (Wildman–Crippen LogP) is 9.24. The third-order valence-electron chi connectivity index (χ3n) is 8.07. The van der Waals surface area contributed by atoms with Crippen molar-refractivity contribution in [2.24, 2.45) is 0 Å². The van der Waals surface area contributed by atoms with E-state index in [0.29, 0.717) is 36.7 Å². The Labute approximate surface area is 322 Å². The summed E-state index contributed by atoms with van der Waals surface area (Å²) < 4.78 is 33.7. The van der Waals surface area contributed by atoms with E-state index >= 15 is 0 Å². The second-order valence-electron chi connectivity index (χ2n) is 14.5. The van der Waals surface area contributed by atoms with E-state index in [4.69, 9.17) is 18.5 Å². The van der Waals surface area contributed by atoms with Crippen molar-refractivity contribution < 1.29 is 47.2 Å². The zero-order valence-corrected chi connectivity index (χ0v) is 34.7. The van der Waals surface area contributed by atoms with Gasteiger partial charge in [-0.2, -0.15) is 0 Å². The molecule has 0 aliphatic rings. The van der Waals surface area contributed by atoms with E-state index in [-0.39, 0.29) is 32.2 Å². The van der Waals surface area contributed by atoms with Gasteiger partial charge in [-0.1, -0.05) is 113 Å². The Bertz CT molecular complexity index is 1110. The summed E-state index contributed by atoms with van der Waals surface area (Å²) in [6.45, 7) is 3.87. The van der Waals surface area contributed by atoms with E-state index < -0.39 is 32.5 Å². The third-order valence-corrected chi connectivity index (χ3v) is 9.03. The molecule has 0 rings (SSSR count). The lowest BCUT2D eigenvalue weighted by molar-refractivity contribution is -0.870. The number of carbonyl (C=O) groups is 2. The molecule has 0 bridgehead atoms. The van der Waals surface area contributed by atoms with E-state index in [1.54, 1.807) is 0 Å². The molecule has 0 radical (unpaired) electrons. The van der Waals surface area contributed by atoms with Crippen molar-refractivity contribution in [1.82, 2.24) is 0 Å².